The van der Waals surface area contributed by atoms with Crippen LogP contribution in [0.5, 0.6) is 0 Å². The molecule has 0 fully saturated rings. The highest BCUT2D eigenvalue weighted by molar-refractivity contribution is 6.17. The predicted octanol–water partition coefficient (Wildman–Crippen LogP) is 11.7. The van der Waals surface area contributed by atoms with Crippen molar-refractivity contribution < 1.29 is 0 Å². The van der Waals surface area contributed by atoms with Gasteiger partial charge in [-0.3, -0.25) is 4.57 Å². The molecule has 3 heterocycles. The molecular formula is C46H32N4. The van der Waals surface area contributed by atoms with Crippen molar-refractivity contribution in [2.45, 2.75) is 13.3 Å². The van der Waals surface area contributed by atoms with Crippen LogP contribution in [0, 0.1) is 0 Å². The fourth-order valence-electron chi connectivity index (χ4n) is 7.85. The maximum Gasteiger partial charge on any atom is 0.114 e. The first-order chi connectivity index (χ1) is 24.8. The van der Waals surface area contributed by atoms with E-state index in [0.717, 1.165) is 62.2 Å². The summed E-state index contributed by atoms with van der Waals surface area (Å²) in [5.41, 5.74) is 12.2. The third kappa shape index (κ3) is 4.32. The topological polar surface area (TPSA) is 35.6 Å². The van der Waals surface area contributed by atoms with E-state index in [1.54, 1.807) is 0 Å². The molecule has 4 heteroatoms. The van der Waals surface area contributed by atoms with E-state index in [1.165, 1.54) is 38.3 Å². The highest BCUT2D eigenvalue weighted by Crippen LogP contribution is 2.40. The monoisotopic (exact) mass is 640 g/mol. The molecule has 50 heavy (non-hydrogen) atoms. The molecule has 0 aliphatic carbocycles. The van der Waals surface area contributed by atoms with Crippen molar-refractivity contribution in [3.63, 3.8) is 0 Å². The summed E-state index contributed by atoms with van der Waals surface area (Å²) in [4.78, 5) is 10.2. The first kappa shape index (κ1) is 28.5. The number of aromatic nitrogens is 4. The molecule has 0 spiro atoms. The maximum absolute atomic E-state index is 5.29. The van der Waals surface area contributed by atoms with Crippen molar-refractivity contribution in [2.75, 3.05) is 0 Å². The number of rotatable bonds is 5. The molecule has 0 radical (unpaired) electrons. The molecule has 0 N–H and O–H groups in total. The Morgan fingerprint density at radius 3 is 1.80 bits per heavy atom. The summed E-state index contributed by atoms with van der Waals surface area (Å²) in [5, 5.41) is 6.03. The summed E-state index contributed by atoms with van der Waals surface area (Å²) in [6, 6.07) is 58.7. The molecule has 0 saturated heterocycles. The Hall–Kier alpha value is -6.52. The van der Waals surface area contributed by atoms with Crippen molar-refractivity contribution in [3.8, 4) is 33.8 Å². The van der Waals surface area contributed by atoms with Crippen molar-refractivity contribution in [1.29, 1.82) is 0 Å². The van der Waals surface area contributed by atoms with Gasteiger partial charge in [-0.05, 0) is 65.7 Å². The lowest BCUT2D eigenvalue weighted by Gasteiger charge is -2.16. The first-order valence-electron chi connectivity index (χ1n) is 17.2. The molecule has 3 aromatic heterocycles. The molecule has 0 saturated carbocycles. The van der Waals surface area contributed by atoms with Gasteiger partial charge in [-0.1, -0.05) is 116 Å². The van der Waals surface area contributed by atoms with Crippen molar-refractivity contribution in [2.24, 2.45) is 0 Å². The normalized spacial score (nSPS) is 11.8. The lowest BCUT2D eigenvalue weighted by Crippen LogP contribution is -2.00. The van der Waals surface area contributed by atoms with E-state index in [9.17, 15) is 0 Å². The molecule has 0 aliphatic rings. The van der Waals surface area contributed by atoms with E-state index in [-0.39, 0.29) is 0 Å². The fraction of sp³-hybridized carbons (Fsp3) is 0.0435. The molecule has 10 aromatic rings. The number of nitrogens with zero attached hydrogens (tertiary/aromatic N) is 4. The standard InChI is InChI=1S/C46H32N4/c1-2-44-47-40-21-7-10-24-43(40)50(44)32-27-25-30(26-28-32)46-38-19-12-18-34(45(38)37-17-3-6-20-39(37)48-46)31-13-11-14-33(29-31)49-41-22-8-4-15-35(41)36-16-5-9-23-42(36)49/h3-29H,2H2,1H3. The highest BCUT2D eigenvalue weighted by Gasteiger charge is 2.17. The van der Waals surface area contributed by atoms with Crippen LogP contribution in [-0.2, 0) is 6.42 Å². The van der Waals surface area contributed by atoms with Crippen LogP contribution in [0.25, 0.3) is 88.3 Å². The summed E-state index contributed by atoms with van der Waals surface area (Å²) < 4.78 is 4.66. The number of aryl methyl sites for hydroxylation is 1. The van der Waals surface area contributed by atoms with Gasteiger partial charge in [0.05, 0.1) is 33.3 Å². The molecule has 0 bridgehead atoms. The van der Waals surface area contributed by atoms with Gasteiger partial charge in [-0.2, -0.15) is 0 Å². The van der Waals surface area contributed by atoms with E-state index in [4.69, 9.17) is 9.97 Å². The van der Waals surface area contributed by atoms with Crippen molar-refractivity contribution >= 4 is 54.5 Å². The van der Waals surface area contributed by atoms with Crippen LogP contribution in [0.2, 0.25) is 0 Å². The zero-order chi connectivity index (χ0) is 33.2. The molecule has 10 rings (SSSR count). The van der Waals surface area contributed by atoms with E-state index in [1.807, 2.05) is 6.07 Å². The maximum atomic E-state index is 5.29. The highest BCUT2D eigenvalue weighted by atomic mass is 15.1. The van der Waals surface area contributed by atoms with Gasteiger partial charge >= 0.3 is 0 Å². The summed E-state index contributed by atoms with van der Waals surface area (Å²) in [6.07, 6.45) is 0.855. The summed E-state index contributed by atoms with van der Waals surface area (Å²) in [6.45, 7) is 2.16. The average Bonchev–Trinajstić information content (AvgIpc) is 3.73. The summed E-state index contributed by atoms with van der Waals surface area (Å²) in [5.74, 6) is 1.06. The Balaban J connectivity index is 1.16. The second kappa shape index (κ2) is 11.3. The Labute approximate surface area is 289 Å². The minimum atomic E-state index is 0.855. The lowest BCUT2D eigenvalue weighted by molar-refractivity contribution is 0.908. The van der Waals surface area contributed by atoms with Crippen LogP contribution in [0.15, 0.2) is 164 Å². The van der Waals surface area contributed by atoms with Gasteiger partial charge in [-0.15, -0.1) is 0 Å². The average molecular weight is 641 g/mol. The van der Waals surface area contributed by atoms with Gasteiger partial charge in [0.25, 0.3) is 0 Å². The number of imidazole rings is 1. The molecule has 7 aromatic carbocycles. The number of benzene rings is 7. The quantitative estimate of drug-likeness (QED) is 0.176. The molecule has 4 nitrogen and oxygen atoms in total. The minimum Gasteiger partial charge on any atom is -0.309 e. The second-order valence-electron chi connectivity index (χ2n) is 12.9. The smallest absolute Gasteiger partial charge is 0.114 e. The number of pyridine rings is 1. The molecule has 0 atom stereocenters. The van der Waals surface area contributed by atoms with Crippen molar-refractivity contribution in [3.05, 3.63) is 170 Å². The first-order valence-corrected chi connectivity index (χ1v) is 17.2. The lowest BCUT2D eigenvalue weighted by atomic mass is 9.92. The van der Waals surface area contributed by atoms with Crippen LogP contribution in [0.1, 0.15) is 12.7 Å². The molecular weight excluding hydrogens is 609 g/mol. The van der Waals surface area contributed by atoms with Gasteiger partial charge in [0, 0.05) is 50.3 Å². The Kier molecular flexibility index (Phi) is 6.43. The number of hydrogen-bond donors (Lipinski definition) is 0. The fourth-order valence-corrected chi connectivity index (χ4v) is 7.85. The predicted molar refractivity (Wildman–Crippen MR) is 208 cm³/mol. The largest absolute Gasteiger partial charge is 0.309 e. The third-order valence-electron chi connectivity index (χ3n) is 10.1. The van der Waals surface area contributed by atoms with Crippen LogP contribution in [0.4, 0.5) is 0 Å². The minimum absolute atomic E-state index is 0.855. The summed E-state index contributed by atoms with van der Waals surface area (Å²) >= 11 is 0. The third-order valence-corrected chi connectivity index (χ3v) is 10.1. The Morgan fingerprint density at radius 1 is 0.440 bits per heavy atom. The van der Waals surface area contributed by atoms with Crippen LogP contribution >= 0.6 is 0 Å². The summed E-state index contributed by atoms with van der Waals surface area (Å²) in [7, 11) is 0. The zero-order valence-electron chi connectivity index (χ0n) is 27.6. The Bertz CT molecular complexity index is 2860. The number of fused-ring (bicyclic) bond motifs is 7. The van der Waals surface area contributed by atoms with Gasteiger partial charge < -0.3 is 4.57 Å². The molecule has 0 aliphatic heterocycles. The molecule has 0 amide bonds. The van der Waals surface area contributed by atoms with E-state index >= 15 is 0 Å². The van der Waals surface area contributed by atoms with Gasteiger partial charge in [0.1, 0.15) is 5.82 Å². The van der Waals surface area contributed by atoms with E-state index in [2.05, 4.69) is 174 Å². The number of hydrogen-bond acceptors (Lipinski definition) is 2. The van der Waals surface area contributed by atoms with Crippen molar-refractivity contribution in [1.82, 2.24) is 19.1 Å². The van der Waals surface area contributed by atoms with Gasteiger partial charge in [0.15, 0.2) is 0 Å². The Morgan fingerprint density at radius 2 is 1.06 bits per heavy atom. The molecule has 236 valence electrons. The van der Waals surface area contributed by atoms with E-state index < -0.39 is 0 Å². The zero-order valence-corrected chi connectivity index (χ0v) is 27.6. The van der Waals surface area contributed by atoms with E-state index in [0.29, 0.717) is 0 Å². The van der Waals surface area contributed by atoms with Crippen LogP contribution in [0.3, 0.4) is 0 Å². The SMILES string of the molecule is CCc1nc2ccccc2n1-c1ccc(-c2nc3ccccc3c3c(-c4cccc(-n5c6ccccc6c6ccccc65)c4)cccc23)cc1. The number of para-hydroxylation sites is 5. The van der Waals surface area contributed by atoms with Gasteiger partial charge in [0.2, 0.25) is 0 Å². The molecule has 0 unspecified atom stereocenters. The van der Waals surface area contributed by atoms with Gasteiger partial charge in [-0.25, -0.2) is 9.97 Å². The van der Waals surface area contributed by atoms with Crippen LogP contribution < -0.4 is 0 Å². The van der Waals surface area contributed by atoms with Crippen LogP contribution in [-0.4, -0.2) is 19.1 Å². The second-order valence-corrected chi connectivity index (χ2v) is 12.9.